The Morgan fingerprint density at radius 2 is 0.344 bits per heavy atom. The van der Waals surface area contributed by atoms with Crippen molar-refractivity contribution < 1.29 is 24.2 Å². The summed E-state index contributed by atoms with van der Waals surface area (Å²) in [6.45, 7) is 4.24. The molecule has 0 saturated heterocycles. The van der Waals surface area contributed by atoms with Crippen LogP contribution in [0, 0.1) is 0 Å². The Morgan fingerprint density at radius 3 is 0.489 bits per heavy atom. The van der Waals surface area contributed by atoms with Crippen molar-refractivity contribution in [3.05, 3.63) is 0 Å². The van der Waals surface area contributed by atoms with Crippen molar-refractivity contribution in [2.75, 3.05) is 13.2 Å². The lowest BCUT2D eigenvalue weighted by Gasteiger charge is -2.15. The Kier molecular flexibility index (Phi) is 81.1. The van der Waals surface area contributed by atoms with Crippen LogP contribution in [-0.2, 0) is 19.1 Å². The summed E-state index contributed by atoms with van der Waals surface area (Å²) >= 11 is 0. The summed E-state index contributed by atoms with van der Waals surface area (Å²) in [6, 6.07) is 0. The highest BCUT2D eigenvalue weighted by atomic mass is 16.6. The molecule has 538 valence electrons. The fourth-order valence-corrected chi connectivity index (χ4v) is 14.0. The van der Waals surface area contributed by atoms with E-state index in [2.05, 4.69) is 13.8 Å². The molecule has 0 aliphatic rings. The van der Waals surface area contributed by atoms with Gasteiger partial charge in [0.2, 0.25) is 0 Å². The fraction of sp³-hybridized carbons (Fsp3) is 0.976. The highest BCUT2D eigenvalue weighted by Crippen LogP contribution is 2.22. The molecule has 90 heavy (non-hydrogen) atoms. The average molecular weight is 1270 g/mol. The monoisotopic (exact) mass is 1270 g/mol. The highest BCUT2D eigenvalue weighted by Gasteiger charge is 2.16. The lowest BCUT2D eigenvalue weighted by atomic mass is 10.0. The van der Waals surface area contributed by atoms with E-state index in [1.807, 2.05) is 0 Å². The largest absolute Gasteiger partial charge is 0.462 e. The van der Waals surface area contributed by atoms with Crippen molar-refractivity contribution in [1.82, 2.24) is 0 Å². The summed E-state index contributed by atoms with van der Waals surface area (Å²) in [7, 11) is 0. The molecule has 0 spiro atoms. The van der Waals surface area contributed by atoms with Gasteiger partial charge in [0.05, 0.1) is 6.61 Å². The Bertz CT molecular complexity index is 1300. The van der Waals surface area contributed by atoms with Crippen LogP contribution >= 0.6 is 0 Å². The zero-order valence-corrected chi connectivity index (χ0v) is 62.2. The number of ether oxygens (including phenoxy) is 2. The third-order valence-electron chi connectivity index (χ3n) is 20.4. The van der Waals surface area contributed by atoms with Crippen LogP contribution in [0.4, 0.5) is 0 Å². The molecule has 1 unspecified atom stereocenters. The van der Waals surface area contributed by atoms with E-state index in [-0.39, 0.29) is 25.2 Å². The fourth-order valence-electron chi connectivity index (χ4n) is 14.0. The van der Waals surface area contributed by atoms with E-state index in [0.717, 1.165) is 32.1 Å². The first kappa shape index (κ1) is 88.9. The minimum atomic E-state index is -0.767. The van der Waals surface area contributed by atoms with Gasteiger partial charge in [-0.1, -0.05) is 489 Å². The molecule has 0 fully saturated rings. The van der Waals surface area contributed by atoms with Crippen LogP contribution in [-0.4, -0.2) is 36.4 Å². The van der Waals surface area contributed by atoms with E-state index in [4.69, 9.17) is 9.47 Å². The van der Waals surface area contributed by atoms with Gasteiger partial charge in [-0.05, 0) is 12.8 Å². The molecule has 0 radical (unpaired) electrons. The number of esters is 2. The second kappa shape index (κ2) is 82.1. The molecule has 0 aliphatic carbocycles. The first-order valence-electron chi connectivity index (χ1n) is 42.6. The van der Waals surface area contributed by atoms with Crippen molar-refractivity contribution in [3.8, 4) is 0 Å². The van der Waals surface area contributed by atoms with Gasteiger partial charge in [0.25, 0.3) is 0 Å². The average Bonchev–Trinajstić information content (AvgIpc) is 3.63. The van der Waals surface area contributed by atoms with Crippen molar-refractivity contribution in [2.45, 2.75) is 521 Å². The molecule has 0 aromatic carbocycles. The van der Waals surface area contributed by atoms with Gasteiger partial charge in [0.1, 0.15) is 6.61 Å². The number of hydrogen-bond acceptors (Lipinski definition) is 5. The summed E-state index contributed by atoms with van der Waals surface area (Å²) in [6.07, 6.45) is 107. The van der Waals surface area contributed by atoms with Gasteiger partial charge in [-0.15, -0.1) is 0 Å². The number of aliphatic hydroxyl groups is 1. The van der Waals surface area contributed by atoms with Crippen LogP contribution in [0.2, 0.25) is 0 Å². The Hall–Kier alpha value is -1.10. The molecule has 0 saturated carbocycles. The smallest absolute Gasteiger partial charge is 0.306 e. The number of carbonyl (C=O) groups excluding carboxylic acids is 2. The first-order chi connectivity index (χ1) is 44.6. The van der Waals surface area contributed by atoms with Crippen LogP contribution in [0.1, 0.15) is 515 Å². The number of unbranched alkanes of at least 4 members (excludes halogenated alkanes) is 74. The Balaban J connectivity index is 3.32. The third kappa shape index (κ3) is 79.3. The van der Waals surface area contributed by atoms with Crippen molar-refractivity contribution in [3.63, 3.8) is 0 Å². The normalized spacial score (nSPS) is 12.0. The molecule has 0 aromatic heterocycles. The summed E-state index contributed by atoms with van der Waals surface area (Å²) < 4.78 is 10.8. The maximum atomic E-state index is 12.4. The standard InChI is InChI=1S/C85H168O5/c1-3-5-7-9-11-13-15-17-19-21-23-25-27-29-31-33-35-37-39-41-43-45-47-49-51-53-55-57-59-61-63-65-67-69-71-73-75-77-79-84(87)89-82-83(81-86)90-85(88)80-78-76-74-72-70-68-66-64-62-60-58-56-54-52-50-48-46-44-42-40-38-36-34-32-30-28-26-24-22-20-18-16-14-12-10-8-6-4-2/h83,86H,3-82H2,1-2H3. The molecule has 0 aromatic rings. The van der Waals surface area contributed by atoms with Crippen molar-refractivity contribution in [1.29, 1.82) is 0 Å². The predicted molar refractivity (Wildman–Crippen MR) is 399 cm³/mol. The van der Waals surface area contributed by atoms with Gasteiger partial charge in [-0.25, -0.2) is 0 Å². The molecule has 0 aliphatic heterocycles. The molecule has 1 N–H and O–H groups in total. The summed E-state index contributed by atoms with van der Waals surface area (Å²) in [5, 5.41) is 9.74. The van der Waals surface area contributed by atoms with Gasteiger partial charge < -0.3 is 14.6 Å². The second-order valence-electron chi connectivity index (χ2n) is 29.6. The van der Waals surface area contributed by atoms with Crippen LogP contribution < -0.4 is 0 Å². The molecule has 0 amide bonds. The van der Waals surface area contributed by atoms with Crippen LogP contribution in [0.3, 0.4) is 0 Å². The van der Waals surface area contributed by atoms with Crippen LogP contribution in [0.15, 0.2) is 0 Å². The number of aliphatic hydroxyl groups excluding tert-OH is 1. The number of carbonyl (C=O) groups is 2. The lowest BCUT2D eigenvalue weighted by Crippen LogP contribution is -2.28. The van der Waals surface area contributed by atoms with Crippen LogP contribution in [0.25, 0.3) is 0 Å². The molecular weight excluding hydrogens is 1100 g/mol. The maximum absolute atomic E-state index is 12.4. The zero-order chi connectivity index (χ0) is 64.7. The summed E-state index contributed by atoms with van der Waals surface area (Å²) in [5.74, 6) is -0.554. The van der Waals surface area contributed by atoms with E-state index in [9.17, 15) is 14.7 Å². The predicted octanol–water partition coefficient (Wildman–Crippen LogP) is 29.9. The van der Waals surface area contributed by atoms with E-state index < -0.39 is 6.10 Å². The second-order valence-corrected chi connectivity index (χ2v) is 29.6. The summed E-state index contributed by atoms with van der Waals surface area (Å²) in [4.78, 5) is 24.7. The third-order valence-corrected chi connectivity index (χ3v) is 20.4. The molecule has 0 rings (SSSR count). The highest BCUT2D eigenvalue weighted by molar-refractivity contribution is 5.70. The quantitative estimate of drug-likeness (QED) is 0.0485. The minimum Gasteiger partial charge on any atom is -0.462 e. The van der Waals surface area contributed by atoms with Gasteiger partial charge >= 0.3 is 11.9 Å². The number of hydrogen-bond donors (Lipinski definition) is 1. The topological polar surface area (TPSA) is 72.8 Å². The molecule has 5 nitrogen and oxygen atoms in total. The molecule has 0 heterocycles. The SMILES string of the molecule is CCCCCCCCCCCCCCCCCCCCCCCCCCCCCCCCCCCCCCCCC(=O)OCC(CO)OC(=O)CCCCCCCCCCCCCCCCCCCCCCCCCCCCCCCCCCCCCCCC. The summed E-state index contributed by atoms with van der Waals surface area (Å²) in [5.41, 5.74) is 0. The van der Waals surface area contributed by atoms with E-state index in [1.54, 1.807) is 0 Å². The van der Waals surface area contributed by atoms with Gasteiger partial charge in [-0.3, -0.25) is 9.59 Å². The van der Waals surface area contributed by atoms with E-state index >= 15 is 0 Å². The maximum Gasteiger partial charge on any atom is 0.306 e. The van der Waals surface area contributed by atoms with Gasteiger partial charge in [-0.2, -0.15) is 0 Å². The van der Waals surface area contributed by atoms with Crippen molar-refractivity contribution >= 4 is 11.9 Å². The van der Waals surface area contributed by atoms with E-state index in [1.165, 1.54) is 456 Å². The van der Waals surface area contributed by atoms with Crippen LogP contribution in [0.5, 0.6) is 0 Å². The number of rotatable bonds is 82. The molecule has 0 bridgehead atoms. The van der Waals surface area contributed by atoms with Gasteiger partial charge in [0, 0.05) is 12.8 Å². The molecule has 5 heteroatoms. The lowest BCUT2D eigenvalue weighted by molar-refractivity contribution is -0.161. The first-order valence-corrected chi connectivity index (χ1v) is 42.6. The van der Waals surface area contributed by atoms with Gasteiger partial charge in [0.15, 0.2) is 6.10 Å². The minimum absolute atomic E-state index is 0.0550. The van der Waals surface area contributed by atoms with E-state index in [0.29, 0.717) is 12.8 Å². The zero-order valence-electron chi connectivity index (χ0n) is 62.2. The van der Waals surface area contributed by atoms with Crippen molar-refractivity contribution in [2.24, 2.45) is 0 Å². The Morgan fingerprint density at radius 1 is 0.211 bits per heavy atom. The molecule has 1 atom stereocenters. The molecular formula is C85H168O5. The Labute approximate surface area is 567 Å².